The van der Waals surface area contributed by atoms with Crippen molar-refractivity contribution in [2.75, 3.05) is 0 Å². The monoisotopic (exact) mass is 377 g/mol. The van der Waals surface area contributed by atoms with Crippen LogP contribution in [0.5, 0.6) is 0 Å². The molecule has 0 aliphatic carbocycles. The number of rotatable bonds is 10. The highest BCUT2D eigenvalue weighted by Crippen LogP contribution is 2.20. The molecule has 0 saturated heterocycles. The van der Waals surface area contributed by atoms with Gasteiger partial charge in [0.1, 0.15) is 4.05 Å². The maximum Gasteiger partial charge on any atom is 0.104 e. The van der Waals surface area contributed by atoms with E-state index in [0.717, 1.165) is 31.1 Å². The Morgan fingerprint density at radius 3 is 2.32 bits per heavy atom. The van der Waals surface area contributed by atoms with Gasteiger partial charge >= 0.3 is 0 Å². The smallest absolute Gasteiger partial charge is 0.104 e. The molecular formula is C17H32IN. The van der Waals surface area contributed by atoms with Gasteiger partial charge < -0.3 is 0 Å². The maximum absolute atomic E-state index is 4.89. The molecule has 3 atom stereocenters. The van der Waals surface area contributed by atoms with Gasteiger partial charge in [0.2, 0.25) is 0 Å². The lowest BCUT2D eigenvalue weighted by molar-refractivity contribution is 0.413. The van der Waals surface area contributed by atoms with Crippen molar-refractivity contribution in [3.05, 3.63) is 12.2 Å². The van der Waals surface area contributed by atoms with E-state index in [9.17, 15) is 0 Å². The zero-order valence-electron chi connectivity index (χ0n) is 13.5. The normalized spacial score (nSPS) is 17.7. The minimum Gasteiger partial charge on any atom is -0.280 e. The standard InChI is InChI=1S/C17H32IN/c1-6-9-10-11-17(18)19-16(8-3)13-15(5)12-14(4)7-2/h9-10,14-15,17H,6-8,11-13H2,1-5H3/b10-9-,19-16?/t14-,15?,17?/m1/s1. The molecule has 19 heavy (non-hydrogen) atoms. The summed E-state index contributed by atoms with van der Waals surface area (Å²) in [4.78, 5) is 4.89. The summed E-state index contributed by atoms with van der Waals surface area (Å²) < 4.78 is 0.408. The van der Waals surface area contributed by atoms with E-state index >= 15 is 0 Å². The van der Waals surface area contributed by atoms with Gasteiger partial charge in [-0.3, -0.25) is 4.99 Å². The van der Waals surface area contributed by atoms with E-state index in [1.807, 2.05) is 0 Å². The van der Waals surface area contributed by atoms with E-state index in [2.05, 4.69) is 69.4 Å². The van der Waals surface area contributed by atoms with Gasteiger partial charge in [0.15, 0.2) is 0 Å². The van der Waals surface area contributed by atoms with Crippen LogP contribution in [0.2, 0.25) is 0 Å². The minimum absolute atomic E-state index is 0.408. The van der Waals surface area contributed by atoms with Crippen LogP contribution in [0.15, 0.2) is 17.1 Å². The fraction of sp³-hybridized carbons (Fsp3) is 0.824. The molecule has 112 valence electrons. The molecular weight excluding hydrogens is 345 g/mol. The number of hydrogen-bond donors (Lipinski definition) is 0. The van der Waals surface area contributed by atoms with E-state index in [4.69, 9.17) is 4.99 Å². The number of aliphatic imine (C=N–C) groups is 1. The highest BCUT2D eigenvalue weighted by molar-refractivity contribution is 14.1. The van der Waals surface area contributed by atoms with Gasteiger partial charge in [-0.15, -0.1) is 0 Å². The molecule has 0 rings (SSSR count). The Morgan fingerprint density at radius 2 is 1.79 bits per heavy atom. The van der Waals surface area contributed by atoms with Crippen molar-refractivity contribution >= 4 is 28.3 Å². The van der Waals surface area contributed by atoms with Crippen LogP contribution in [0.3, 0.4) is 0 Å². The average molecular weight is 377 g/mol. The number of hydrogen-bond acceptors (Lipinski definition) is 1. The van der Waals surface area contributed by atoms with Crippen LogP contribution in [-0.2, 0) is 0 Å². The largest absolute Gasteiger partial charge is 0.280 e. The first kappa shape index (κ1) is 19.1. The molecule has 0 aromatic heterocycles. The molecule has 0 spiro atoms. The zero-order chi connectivity index (χ0) is 14.7. The first-order chi connectivity index (χ1) is 9.03. The average Bonchev–Trinajstić information content (AvgIpc) is 2.37. The molecule has 0 N–H and O–H groups in total. The summed E-state index contributed by atoms with van der Waals surface area (Å²) in [7, 11) is 0. The lowest BCUT2D eigenvalue weighted by Crippen LogP contribution is -2.10. The van der Waals surface area contributed by atoms with Crippen LogP contribution >= 0.6 is 22.6 Å². The molecule has 0 saturated carbocycles. The summed E-state index contributed by atoms with van der Waals surface area (Å²) in [6.07, 6.45) is 11.6. The Bertz CT molecular complexity index is 270. The number of nitrogens with zero attached hydrogens (tertiary/aromatic N) is 1. The summed E-state index contributed by atoms with van der Waals surface area (Å²) in [5.74, 6) is 1.61. The molecule has 0 aromatic carbocycles. The molecule has 0 fully saturated rings. The maximum atomic E-state index is 4.89. The van der Waals surface area contributed by atoms with Crippen LogP contribution in [0.1, 0.15) is 73.1 Å². The van der Waals surface area contributed by atoms with Gasteiger partial charge in [-0.1, -0.05) is 75.8 Å². The third-order valence-electron chi connectivity index (χ3n) is 3.55. The van der Waals surface area contributed by atoms with Crippen molar-refractivity contribution in [1.29, 1.82) is 0 Å². The molecule has 1 nitrogen and oxygen atoms in total. The third-order valence-corrected chi connectivity index (χ3v) is 4.34. The van der Waals surface area contributed by atoms with Crippen molar-refractivity contribution in [3.8, 4) is 0 Å². The summed E-state index contributed by atoms with van der Waals surface area (Å²) in [6, 6.07) is 0. The second-order valence-electron chi connectivity index (χ2n) is 5.66. The second kappa shape index (κ2) is 11.9. The van der Waals surface area contributed by atoms with Gasteiger partial charge in [-0.2, -0.15) is 0 Å². The van der Waals surface area contributed by atoms with E-state index in [1.54, 1.807) is 0 Å². The molecule has 0 aliphatic rings. The number of halogens is 1. The number of alkyl halides is 1. The Kier molecular flexibility index (Phi) is 12.0. The predicted molar refractivity (Wildman–Crippen MR) is 97.4 cm³/mol. The topological polar surface area (TPSA) is 12.4 Å². The van der Waals surface area contributed by atoms with Gasteiger partial charge in [0, 0.05) is 5.71 Å². The zero-order valence-corrected chi connectivity index (χ0v) is 15.6. The van der Waals surface area contributed by atoms with Crippen molar-refractivity contribution in [2.24, 2.45) is 16.8 Å². The highest BCUT2D eigenvalue weighted by atomic mass is 127. The molecule has 2 unspecified atom stereocenters. The van der Waals surface area contributed by atoms with Gasteiger partial charge in [-0.05, 0) is 43.9 Å². The molecule has 0 heterocycles. The number of allylic oxidation sites excluding steroid dienone is 1. The minimum atomic E-state index is 0.408. The molecule has 2 heteroatoms. The van der Waals surface area contributed by atoms with Crippen molar-refractivity contribution < 1.29 is 0 Å². The molecule has 0 bridgehead atoms. The third kappa shape index (κ3) is 10.6. The molecule has 0 aliphatic heterocycles. The Morgan fingerprint density at radius 1 is 1.11 bits per heavy atom. The quantitative estimate of drug-likeness (QED) is 0.137. The lowest BCUT2D eigenvalue weighted by atomic mass is 9.91. The molecule has 0 amide bonds. The summed E-state index contributed by atoms with van der Waals surface area (Å²) in [5, 5.41) is 0. The van der Waals surface area contributed by atoms with Crippen LogP contribution in [0.25, 0.3) is 0 Å². The van der Waals surface area contributed by atoms with Gasteiger partial charge in [0.05, 0.1) is 0 Å². The van der Waals surface area contributed by atoms with E-state index in [0.29, 0.717) is 4.05 Å². The van der Waals surface area contributed by atoms with Crippen LogP contribution < -0.4 is 0 Å². The Balaban J connectivity index is 4.27. The highest BCUT2D eigenvalue weighted by Gasteiger charge is 2.11. The first-order valence-corrected chi connectivity index (χ1v) is 9.12. The fourth-order valence-electron chi connectivity index (χ4n) is 2.25. The van der Waals surface area contributed by atoms with E-state index in [-0.39, 0.29) is 0 Å². The van der Waals surface area contributed by atoms with Crippen molar-refractivity contribution in [1.82, 2.24) is 0 Å². The predicted octanol–water partition coefficient (Wildman–Crippen LogP) is 6.42. The van der Waals surface area contributed by atoms with Crippen LogP contribution in [0, 0.1) is 11.8 Å². The fourth-order valence-corrected chi connectivity index (χ4v) is 2.94. The van der Waals surface area contributed by atoms with E-state index in [1.165, 1.54) is 25.0 Å². The summed E-state index contributed by atoms with van der Waals surface area (Å²) >= 11 is 2.46. The summed E-state index contributed by atoms with van der Waals surface area (Å²) in [5.41, 5.74) is 1.40. The lowest BCUT2D eigenvalue weighted by Gasteiger charge is -2.17. The Hall–Kier alpha value is 0.140. The van der Waals surface area contributed by atoms with Crippen molar-refractivity contribution in [3.63, 3.8) is 0 Å². The SMILES string of the molecule is CC/C=C\CC(I)N=C(CC)CC(C)C[C@H](C)CC. The molecule has 0 aromatic rings. The van der Waals surface area contributed by atoms with Gasteiger partial charge in [-0.25, -0.2) is 0 Å². The van der Waals surface area contributed by atoms with Gasteiger partial charge in [0.25, 0.3) is 0 Å². The first-order valence-electron chi connectivity index (χ1n) is 7.87. The van der Waals surface area contributed by atoms with Crippen LogP contribution in [-0.4, -0.2) is 9.76 Å². The van der Waals surface area contributed by atoms with Crippen LogP contribution in [0.4, 0.5) is 0 Å². The second-order valence-corrected chi connectivity index (χ2v) is 7.09. The Labute approximate surface area is 134 Å². The van der Waals surface area contributed by atoms with E-state index < -0.39 is 0 Å². The molecule has 0 radical (unpaired) electrons. The van der Waals surface area contributed by atoms with Crippen molar-refractivity contribution in [2.45, 2.75) is 77.2 Å². The summed E-state index contributed by atoms with van der Waals surface area (Å²) in [6.45, 7) is 11.4.